The van der Waals surface area contributed by atoms with Crippen LogP contribution in [0.3, 0.4) is 0 Å². The fourth-order valence-corrected chi connectivity index (χ4v) is 2.96. The first-order valence-corrected chi connectivity index (χ1v) is 9.30. The van der Waals surface area contributed by atoms with Crippen LogP contribution in [0.25, 0.3) is 6.08 Å². The van der Waals surface area contributed by atoms with Gasteiger partial charge in [-0.15, -0.1) is 0 Å². The highest BCUT2D eigenvalue weighted by Gasteiger charge is 2.18. The molecule has 2 rings (SSSR count). The van der Waals surface area contributed by atoms with Crippen LogP contribution in [0.4, 0.5) is 5.69 Å². The van der Waals surface area contributed by atoms with E-state index in [9.17, 15) is 9.59 Å². The molecule has 142 valence electrons. The van der Waals surface area contributed by atoms with Crippen molar-refractivity contribution in [3.8, 4) is 0 Å². The molecule has 1 unspecified atom stereocenters. The van der Waals surface area contributed by atoms with Crippen molar-refractivity contribution in [1.82, 2.24) is 0 Å². The monoisotopic (exact) mass is 405 g/mol. The largest absolute Gasteiger partial charge is 0.449 e. The summed E-state index contributed by atoms with van der Waals surface area (Å²) in [5, 5.41) is 3.78. The van der Waals surface area contributed by atoms with Crippen LogP contribution in [-0.4, -0.2) is 18.0 Å². The average Bonchev–Trinajstić information content (AvgIpc) is 2.62. The summed E-state index contributed by atoms with van der Waals surface area (Å²) in [7, 11) is 0. The van der Waals surface area contributed by atoms with E-state index < -0.39 is 12.1 Å². The van der Waals surface area contributed by atoms with Crippen molar-refractivity contribution in [2.24, 2.45) is 0 Å². The van der Waals surface area contributed by atoms with Crippen LogP contribution in [0.5, 0.6) is 0 Å². The molecule has 0 aliphatic rings. The van der Waals surface area contributed by atoms with Crippen molar-refractivity contribution < 1.29 is 14.3 Å². The van der Waals surface area contributed by atoms with Gasteiger partial charge >= 0.3 is 5.97 Å². The number of para-hydroxylation sites is 1. The molecule has 0 aliphatic heterocycles. The molecule has 2 aromatic carbocycles. The quantitative estimate of drug-likeness (QED) is 0.513. The number of nitrogens with one attached hydrogen (secondary N) is 1. The van der Waals surface area contributed by atoms with E-state index in [1.54, 1.807) is 18.2 Å². The second kappa shape index (κ2) is 9.58. The molecule has 0 saturated carbocycles. The Balaban J connectivity index is 2.00. The SMILES string of the molecule is CCc1cccc(C)c1NC(=O)C(C)OC(=O)/C=C/c1ccc(Cl)cc1Cl. The predicted octanol–water partition coefficient (Wildman–Crippen LogP) is 5.45. The summed E-state index contributed by atoms with van der Waals surface area (Å²) in [5.41, 5.74) is 3.37. The first kappa shape index (κ1) is 21.0. The van der Waals surface area contributed by atoms with Crippen LogP contribution in [0.2, 0.25) is 10.0 Å². The number of carbonyl (C=O) groups excluding carboxylic acids is 2. The minimum atomic E-state index is -0.938. The van der Waals surface area contributed by atoms with Gasteiger partial charge in [-0.3, -0.25) is 4.79 Å². The van der Waals surface area contributed by atoms with Crippen molar-refractivity contribution in [2.75, 3.05) is 5.32 Å². The molecular weight excluding hydrogens is 385 g/mol. The van der Waals surface area contributed by atoms with E-state index in [1.165, 1.54) is 19.1 Å². The van der Waals surface area contributed by atoms with E-state index in [1.807, 2.05) is 32.0 Å². The second-order valence-electron chi connectivity index (χ2n) is 6.03. The van der Waals surface area contributed by atoms with Crippen LogP contribution in [-0.2, 0) is 20.7 Å². The highest BCUT2D eigenvalue weighted by Crippen LogP contribution is 2.23. The van der Waals surface area contributed by atoms with Gasteiger partial charge in [-0.1, -0.05) is 54.4 Å². The Hall–Kier alpha value is -2.30. The minimum Gasteiger partial charge on any atom is -0.449 e. The van der Waals surface area contributed by atoms with Crippen molar-refractivity contribution >= 4 is 46.8 Å². The summed E-state index contributed by atoms with van der Waals surface area (Å²) in [5.74, 6) is -1.02. The summed E-state index contributed by atoms with van der Waals surface area (Å²) in [4.78, 5) is 24.4. The molecule has 0 heterocycles. The number of rotatable bonds is 6. The zero-order chi connectivity index (χ0) is 20.0. The lowest BCUT2D eigenvalue weighted by molar-refractivity contribution is -0.148. The Morgan fingerprint density at radius 3 is 2.63 bits per heavy atom. The summed E-state index contributed by atoms with van der Waals surface area (Å²) in [6.07, 6.45) is 2.59. The molecule has 0 aliphatic carbocycles. The molecule has 0 spiro atoms. The number of aryl methyl sites for hydroxylation is 2. The Kier molecular flexibility index (Phi) is 7.45. The van der Waals surface area contributed by atoms with E-state index in [4.69, 9.17) is 27.9 Å². The number of benzene rings is 2. The summed E-state index contributed by atoms with van der Waals surface area (Å²) in [6, 6.07) is 10.8. The van der Waals surface area contributed by atoms with Gasteiger partial charge in [0.15, 0.2) is 6.10 Å². The second-order valence-corrected chi connectivity index (χ2v) is 6.87. The third-order valence-corrected chi connectivity index (χ3v) is 4.57. The summed E-state index contributed by atoms with van der Waals surface area (Å²) >= 11 is 11.9. The van der Waals surface area contributed by atoms with Gasteiger partial charge in [0, 0.05) is 21.8 Å². The first-order chi connectivity index (χ1) is 12.8. The molecule has 6 heteroatoms. The lowest BCUT2D eigenvalue weighted by Crippen LogP contribution is -2.30. The topological polar surface area (TPSA) is 55.4 Å². The van der Waals surface area contributed by atoms with Crippen LogP contribution < -0.4 is 5.32 Å². The average molecular weight is 406 g/mol. The molecule has 27 heavy (non-hydrogen) atoms. The van der Waals surface area contributed by atoms with Crippen LogP contribution >= 0.6 is 23.2 Å². The molecular formula is C21H21Cl2NO3. The number of amides is 1. The van der Waals surface area contributed by atoms with Crippen LogP contribution in [0, 0.1) is 6.92 Å². The van der Waals surface area contributed by atoms with E-state index in [-0.39, 0.29) is 5.91 Å². The number of halogens is 2. The zero-order valence-electron chi connectivity index (χ0n) is 15.4. The zero-order valence-corrected chi connectivity index (χ0v) is 16.9. The Bertz CT molecular complexity index is 878. The van der Waals surface area contributed by atoms with E-state index in [2.05, 4.69) is 5.32 Å². The number of hydrogen-bond donors (Lipinski definition) is 1. The van der Waals surface area contributed by atoms with Gasteiger partial charge in [-0.25, -0.2) is 4.79 Å². The van der Waals surface area contributed by atoms with Crippen molar-refractivity contribution in [2.45, 2.75) is 33.3 Å². The van der Waals surface area contributed by atoms with Gasteiger partial charge in [0.1, 0.15) is 0 Å². The predicted molar refractivity (Wildman–Crippen MR) is 110 cm³/mol. The van der Waals surface area contributed by atoms with Gasteiger partial charge in [0.05, 0.1) is 0 Å². The van der Waals surface area contributed by atoms with Crippen molar-refractivity contribution in [3.05, 3.63) is 69.2 Å². The van der Waals surface area contributed by atoms with Gasteiger partial charge in [0.25, 0.3) is 5.91 Å². The third-order valence-electron chi connectivity index (χ3n) is 4.01. The summed E-state index contributed by atoms with van der Waals surface area (Å²) in [6.45, 7) is 5.46. The third kappa shape index (κ3) is 5.84. The number of carbonyl (C=O) groups is 2. The van der Waals surface area contributed by atoms with Gasteiger partial charge < -0.3 is 10.1 Å². The molecule has 1 N–H and O–H groups in total. The Labute approximate surface area is 169 Å². The van der Waals surface area contributed by atoms with Gasteiger partial charge in [-0.05, 0) is 55.2 Å². The van der Waals surface area contributed by atoms with Crippen molar-refractivity contribution in [3.63, 3.8) is 0 Å². The van der Waals surface area contributed by atoms with Gasteiger partial charge in [-0.2, -0.15) is 0 Å². The Morgan fingerprint density at radius 2 is 1.96 bits per heavy atom. The normalized spacial score (nSPS) is 12.0. The van der Waals surface area contributed by atoms with E-state index >= 15 is 0 Å². The highest BCUT2D eigenvalue weighted by atomic mass is 35.5. The van der Waals surface area contributed by atoms with Crippen LogP contribution in [0.1, 0.15) is 30.5 Å². The maximum Gasteiger partial charge on any atom is 0.331 e. The molecule has 0 aromatic heterocycles. The number of esters is 1. The summed E-state index contributed by atoms with van der Waals surface area (Å²) < 4.78 is 5.18. The maximum absolute atomic E-state index is 12.4. The first-order valence-electron chi connectivity index (χ1n) is 8.55. The molecule has 0 saturated heterocycles. The number of hydrogen-bond acceptors (Lipinski definition) is 3. The standard InChI is InChI=1S/C21H21Cl2NO3/c1-4-15-7-5-6-13(2)20(15)24-21(26)14(3)27-19(25)11-9-16-8-10-17(22)12-18(16)23/h5-12,14H,4H2,1-3H3,(H,24,26)/b11-9+. The van der Waals surface area contributed by atoms with E-state index in [0.717, 1.165) is 23.2 Å². The lowest BCUT2D eigenvalue weighted by atomic mass is 10.1. The smallest absolute Gasteiger partial charge is 0.331 e. The molecule has 0 bridgehead atoms. The lowest BCUT2D eigenvalue weighted by Gasteiger charge is -2.16. The van der Waals surface area contributed by atoms with Crippen molar-refractivity contribution in [1.29, 1.82) is 0 Å². The highest BCUT2D eigenvalue weighted by molar-refractivity contribution is 6.35. The molecule has 4 nitrogen and oxygen atoms in total. The maximum atomic E-state index is 12.4. The number of anilines is 1. The molecule has 1 amide bonds. The van der Waals surface area contributed by atoms with E-state index in [0.29, 0.717) is 15.6 Å². The van der Waals surface area contributed by atoms with Gasteiger partial charge in [0.2, 0.25) is 0 Å². The molecule has 2 aromatic rings. The van der Waals surface area contributed by atoms with Crippen LogP contribution in [0.15, 0.2) is 42.5 Å². The molecule has 0 fully saturated rings. The fourth-order valence-electron chi connectivity index (χ4n) is 2.49. The minimum absolute atomic E-state index is 0.384. The molecule has 0 radical (unpaired) electrons. The fraction of sp³-hybridized carbons (Fsp3) is 0.238. The molecule has 1 atom stereocenters. The Morgan fingerprint density at radius 1 is 1.22 bits per heavy atom. The number of ether oxygens (including phenoxy) is 1.